The number of halogens is 1. The highest BCUT2D eigenvalue weighted by Gasteiger charge is 2.19. The number of ether oxygens (including phenoxy) is 1. The Kier molecular flexibility index (Phi) is 4.74. The number of aromatic nitrogens is 3. The van der Waals surface area contributed by atoms with Gasteiger partial charge < -0.3 is 9.30 Å². The van der Waals surface area contributed by atoms with E-state index in [0.29, 0.717) is 29.5 Å². The number of benzene rings is 1. The minimum atomic E-state index is -0.465. The molecule has 2 rings (SSSR count). The summed E-state index contributed by atoms with van der Waals surface area (Å²) >= 11 is 5.87. The first-order valence-electron chi connectivity index (χ1n) is 6.43. The summed E-state index contributed by atoms with van der Waals surface area (Å²) < 4.78 is 7.15. The van der Waals surface area contributed by atoms with Gasteiger partial charge in [-0.3, -0.25) is 10.1 Å². The van der Waals surface area contributed by atoms with E-state index in [0.717, 1.165) is 6.42 Å². The van der Waals surface area contributed by atoms with Crippen LogP contribution in [0.3, 0.4) is 0 Å². The van der Waals surface area contributed by atoms with E-state index in [9.17, 15) is 10.1 Å². The van der Waals surface area contributed by atoms with Gasteiger partial charge in [-0.2, -0.15) is 0 Å². The molecular weight excluding hydrogens is 296 g/mol. The Morgan fingerprint density at radius 2 is 2.19 bits per heavy atom. The molecule has 0 fully saturated rings. The zero-order chi connectivity index (χ0) is 15.4. The molecule has 0 saturated carbocycles. The second-order valence-corrected chi connectivity index (χ2v) is 4.63. The SMILES string of the molecule is CCCn1c(CCl)nnc1-c1ccc([N+](=O)[O-])cc1OC. The molecule has 1 heterocycles. The molecule has 0 N–H and O–H groups in total. The van der Waals surface area contributed by atoms with E-state index < -0.39 is 4.92 Å². The molecule has 8 heteroatoms. The third kappa shape index (κ3) is 2.97. The number of nitro groups is 1. The molecule has 0 amide bonds. The lowest BCUT2D eigenvalue weighted by Crippen LogP contribution is -2.04. The Balaban J connectivity index is 2.56. The number of alkyl halides is 1. The van der Waals surface area contributed by atoms with Crippen LogP contribution in [-0.4, -0.2) is 26.8 Å². The molecule has 21 heavy (non-hydrogen) atoms. The maximum atomic E-state index is 10.8. The third-order valence-corrected chi connectivity index (χ3v) is 3.27. The largest absolute Gasteiger partial charge is 0.496 e. The number of hydrogen-bond donors (Lipinski definition) is 0. The van der Waals surface area contributed by atoms with E-state index in [-0.39, 0.29) is 11.6 Å². The lowest BCUT2D eigenvalue weighted by atomic mass is 10.1. The van der Waals surface area contributed by atoms with Crippen LogP contribution in [0.1, 0.15) is 19.2 Å². The van der Waals surface area contributed by atoms with Crippen LogP contribution in [0.15, 0.2) is 18.2 Å². The van der Waals surface area contributed by atoms with Crippen LogP contribution in [-0.2, 0) is 12.4 Å². The van der Waals surface area contributed by atoms with Crippen molar-refractivity contribution >= 4 is 17.3 Å². The van der Waals surface area contributed by atoms with Crippen molar-refractivity contribution < 1.29 is 9.66 Å². The molecule has 0 spiro atoms. The van der Waals surface area contributed by atoms with E-state index in [2.05, 4.69) is 10.2 Å². The number of nitro benzene ring substituents is 1. The number of hydrogen-bond acceptors (Lipinski definition) is 5. The standard InChI is InChI=1S/C13H15ClN4O3/c1-3-6-17-12(8-14)15-16-13(17)10-5-4-9(18(19)20)7-11(10)21-2/h4-5,7H,3,6,8H2,1-2H3. The molecule has 112 valence electrons. The molecule has 0 unspecified atom stereocenters. The second-order valence-electron chi connectivity index (χ2n) is 4.37. The predicted octanol–water partition coefficient (Wildman–Crippen LogP) is 3.01. The van der Waals surface area contributed by atoms with Crippen LogP contribution in [0, 0.1) is 10.1 Å². The number of non-ortho nitro benzene ring substituents is 1. The lowest BCUT2D eigenvalue weighted by molar-refractivity contribution is -0.384. The summed E-state index contributed by atoms with van der Waals surface area (Å²) in [7, 11) is 1.46. The monoisotopic (exact) mass is 310 g/mol. The maximum absolute atomic E-state index is 10.8. The molecule has 0 radical (unpaired) electrons. The summed E-state index contributed by atoms with van der Waals surface area (Å²) in [5.41, 5.74) is 0.621. The minimum absolute atomic E-state index is 0.0327. The third-order valence-electron chi connectivity index (χ3n) is 3.03. The molecule has 1 aromatic carbocycles. The fourth-order valence-corrected chi connectivity index (χ4v) is 2.27. The molecule has 2 aromatic rings. The molecule has 0 bridgehead atoms. The van der Waals surface area contributed by atoms with Gasteiger partial charge in [0.1, 0.15) is 11.6 Å². The Morgan fingerprint density at radius 1 is 1.43 bits per heavy atom. The normalized spacial score (nSPS) is 10.6. The number of rotatable bonds is 6. The van der Waals surface area contributed by atoms with Crippen molar-refractivity contribution in [3.8, 4) is 17.1 Å². The summed E-state index contributed by atoms with van der Waals surface area (Å²) in [6, 6.07) is 4.41. The molecule has 0 aliphatic carbocycles. The molecular formula is C13H15ClN4O3. The van der Waals surface area contributed by atoms with E-state index in [1.807, 2.05) is 11.5 Å². The molecule has 0 saturated heterocycles. The smallest absolute Gasteiger partial charge is 0.273 e. The Morgan fingerprint density at radius 3 is 2.76 bits per heavy atom. The van der Waals surface area contributed by atoms with Crippen LogP contribution in [0.25, 0.3) is 11.4 Å². The van der Waals surface area contributed by atoms with Crippen LogP contribution < -0.4 is 4.74 Å². The average Bonchev–Trinajstić information content (AvgIpc) is 2.89. The van der Waals surface area contributed by atoms with E-state index in [1.165, 1.54) is 19.2 Å². The van der Waals surface area contributed by atoms with Gasteiger partial charge in [-0.1, -0.05) is 6.92 Å². The Labute approximate surface area is 126 Å². The highest BCUT2D eigenvalue weighted by molar-refractivity contribution is 6.16. The van der Waals surface area contributed by atoms with Crippen molar-refractivity contribution in [3.05, 3.63) is 34.1 Å². The quantitative estimate of drug-likeness (QED) is 0.465. The Hall–Kier alpha value is -2.15. The summed E-state index contributed by atoms with van der Waals surface area (Å²) in [5.74, 6) is 1.89. The van der Waals surface area contributed by atoms with Crippen LogP contribution in [0.4, 0.5) is 5.69 Å². The van der Waals surface area contributed by atoms with Gasteiger partial charge in [0, 0.05) is 12.6 Å². The van der Waals surface area contributed by atoms with Gasteiger partial charge in [-0.05, 0) is 12.5 Å². The zero-order valence-corrected chi connectivity index (χ0v) is 12.5. The molecule has 0 aliphatic rings. The van der Waals surface area contributed by atoms with Crippen molar-refractivity contribution in [2.45, 2.75) is 25.8 Å². The van der Waals surface area contributed by atoms with Crippen molar-refractivity contribution in [3.63, 3.8) is 0 Å². The zero-order valence-electron chi connectivity index (χ0n) is 11.7. The van der Waals surface area contributed by atoms with Gasteiger partial charge in [0.15, 0.2) is 5.82 Å². The Bertz CT molecular complexity index is 657. The van der Waals surface area contributed by atoms with E-state index in [1.54, 1.807) is 6.07 Å². The van der Waals surface area contributed by atoms with Crippen LogP contribution in [0.5, 0.6) is 5.75 Å². The fourth-order valence-electron chi connectivity index (χ4n) is 2.07. The summed E-state index contributed by atoms with van der Waals surface area (Å²) in [4.78, 5) is 10.4. The second kappa shape index (κ2) is 6.53. The summed E-state index contributed by atoms with van der Waals surface area (Å²) in [5, 5.41) is 19.0. The summed E-state index contributed by atoms with van der Waals surface area (Å²) in [6.07, 6.45) is 0.893. The lowest BCUT2D eigenvalue weighted by Gasteiger charge is -2.10. The molecule has 0 aliphatic heterocycles. The van der Waals surface area contributed by atoms with Crippen LogP contribution >= 0.6 is 11.6 Å². The first-order valence-corrected chi connectivity index (χ1v) is 6.96. The number of methoxy groups -OCH3 is 1. The highest BCUT2D eigenvalue weighted by Crippen LogP contribution is 2.32. The van der Waals surface area contributed by atoms with Gasteiger partial charge in [-0.15, -0.1) is 21.8 Å². The van der Waals surface area contributed by atoms with Crippen molar-refractivity contribution in [2.24, 2.45) is 0 Å². The highest BCUT2D eigenvalue weighted by atomic mass is 35.5. The van der Waals surface area contributed by atoms with Crippen molar-refractivity contribution in [2.75, 3.05) is 7.11 Å². The number of nitrogens with zero attached hydrogens (tertiary/aromatic N) is 4. The van der Waals surface area contributed by atoms with Crippen molar-refractivity contribution in [1.29, 1.82) is 0 Å². The van der Waals surface area contributed by atoms with Gasteiger partial charge in [0.05, 0.1) is 29.5 Å². The molecule has 7 nitrogen and oxygen atoms in total. The maximum Gasteiger partial charge on any atom is 0.273 e. The fraction of sp³-hybridized carbons (Fsp3) is 0.385. The molecule has 1 aromatic heterocycles. The van der Waals surface area contributed by atoms with Gasteiger partial charge in [0.25, 0.3) is 5.69 Å². The van der Waals surface area contributed by atoms with E-state index >= 15 is 0 Å². The van der Waals surface area contributed by atoms with Gasteiger partial charge >= 0.3 is 0 Å². The summed E-state index contributed by atoms with van der Waals surface area (Å²) in [6.45, 7) is 2.75. The van der Waals surface area contributed by atoms with Crippen molar-refractivity contribution in [1.82, 2.24) is 14.8 Å². The van der Waals surface area contributed by atoms with Gasteiger partial charge in [-0.25, -0.2) is 0 Å². The topological polar surface area (TPSA) is 83.1 Å². The first kappa shape index (κ1) is 15.2. The molecule has 0 atom stereocenters. The van der Waals surface area contributed by atoms with Gasteiger partial charge in [0.2, 0.25) is 0 Å². The predicted molar refractivity (Wildman–Crippen MR) is 78.5 cm³/mol. The van der Waals surface area contributed by atoms with E-state index in [4.69, 9.17) is 16.3 Å². The first-order chi connectivity index (χ1) is 10.1. The minimum Gasteiger partial charge on any atom is -0.496 e. The average molecular weight is 311 g/mol. The van der Waals surface area contributed by atoms with Crippen LogP contribution in [0.2, 0.25) is 0 Å².